The van der Waals surface area contributed by atoms with Gasteiger partial charge in [0.15, 0.2) is 0 Å². The molecular formula is C20H32N4O2. The first-order valence-electron chi connectivity index (χ1n) is 9.54. The zero-order valence-corrected chi connectivity index (χ0v) is 16.4. The van der Waals surface area contributed by atoms with E-state index in [-0.39, 0.29) is 18.0 Å². The maximum atomic E-state index is 12.0. The number of hydrogen-bond acceptors (Lipinski definition) is 3. The quantitative estimate of drug-likeness (QED) is 0.820. The van der Waals surface area contributed by atoms with Gasteiger partial charge in [0, 0.05) is 50.5 Å². The van der Waals surface area contributed by atoms with Gasteiger partial charge in [0.1, 0.15) is 0 Å². The van der Waals surface area contributed by atoms with Crippen LogP contribution in [0.3, 0.4) is 0 Å². The SMILES string of the molecule is CC(=O)N(CCNC(=O)NC(C)C)c1ccc(N2CCC(C)CC2)cc1. The van der Waals surface area contributed by atoms with Gasteiger partial charge in [-0.1, -0.05) is 6.92 Å². The van der Waals surface area contributed by atoms with E-state index < -0.39 is 0 Å². The summed E-state index contributed by atoms with van der Waals surface area (Å²) in [6, 6.07) is 8.02. The predicted octanol–water partition coefficient (Wildman–Crippen LogP) is 2.98. The molecule has 0 aliphatic carbocycles. The normalized spacial score (nSPS) is 15.0. The second kappa shape index (κ2) is 9.46. The highest BCUT2D eigenvalue weighted by atomic mass is 16.2. The van der Waals surface area contributed by atoms with E-state index in [1.54, 1.807) is 11.8 Å². The zero-order valence-electron chi connectivity index (χ0n) is 16.4. The zero-order chi connectivity index (χ0) is 19.1. The Hall–Kier alpha value is -2.24. The van der Waals surface area contributed by atoms with Crippen LogP contribution in [0.1, 0.15) is 40.5 Å². The lowest BCUT2D eigenvalue weighted by Gasteiger charge is -2.32. The van der Waals surface area contributed by atoms with Crippen LogP contribution in [0.4, 0.5) is 16.2 Å². The highest BCUT2D eigenvalue weighted by molar-refractivity contribution is 5.91. The molecule has 2 rings (SSSR count). The number of nitrogens with zero attached hydrogens (tertiary/aromatic N) is 2. The van der Waals surface area contributed by atoms with E-state index in [0.717, 1.165) is 24.7 Å². The average Bonchev–Trinajstić information content (AvgIpc) is 2.59. The van der Waals surface area contributed by atoms with Crippen molar-refractivity contribution in [2.75, 3.05) is 36.0 Å². The number of nitrogens with one attached hydrogen (secondary N) is 2. The average molecular weight is 361 g/mol. The summed E-state index contributed by atoms with van der Waals surface area (Å²) in [6.07, 6.45) is 2.46. The molecule has 26 heavy (non-hydrogen) atoms. The molecule has 1 aliphatic heterocycles. The molecule has 1 heterocycles. The summed E-state index contributed by atoms with van der Waals surface area (Å²) in [4.78, 5) is 27.8. The van der Waals surface area contributed by atoms with Crippen molar-refractivity contribution in [1.29, 1.82) is 0 Å². The van der Waals surface area contributed by atoms with Gasteiger partial charge in [0.05, 0.1) is 0 Å². The van der Waals surface area contributed by atoms with E-state index >= 15 is 0 Å². The van der Waals surface area contributed by atoms with Gasteiger partial charge < -0.3 is 20.4 Å². The predicted molar refractivity (Wildman–Crippen MR) is 107 cm³/mol. The van der Waals surface area contributed by atoms with Crippen molar-refractivity contribution in [2.24, 2.45) is 5.92 Å². The van der Waals surface area contributed by atoms with Crippen LogP contribution in [0, 0.1) is 5.92 Å². The van der Waals surface area contributed by atoms with Crippen molar-refractivity contribution in [3.8, 4) is 0 Å². The number of piperidine rings is 1. The lowest BCUT2D eigenvalue weighted by molar-refractivity contribution is -0.116. The third kappa shape index (κ3) is 5.93. The Morgan fingerprint density at radius 1 is 1.19 bits per heavy atom. The highest BCUT2D eigenvalue weighted by Gasteiger charge is 2.17. The van der Waals surface area contributed by atoms with E-state index in [1.165, 1.54) is 18.5 Å². The van der Waals surface area contributed by atoms with Gasteiger partial charge in [-0.2, -0.15) is 0 Å². The lowest BCUT2D eigenvalue weighted by Crippen LogP contribution is -2.43. The molecule has 2 N–H and O–H groups in total. The van der Waals surface area contributed by atoms with Gasteiger partial charge in [-0.15, -0.1) is 0 Å². The van der Waals surface area contributed by atoms with Crippen molar-refractivity contribution in [3.05, 3.63) is 24.3 Å². The molecule has 0 spiro atoms. The van der Waals surface area contributed by atoms with Gasteiger partial charge in [0.25, 0.3) is 0 Å². The molecule has 1 aromatic rings. The Balaban J connectivity index is 1.92. The van der Waals surface area contributed by atoms with E-state index in [0.29, 0.717) is 13.1 Å². The van der Waals surface area contributed by atoms with Crippen molar-refractivity contribution >= 4 is 23.3 Å². The molecule has 3 amide bonds. The molecular weight excluding hydrogens is 328 g/mol. The van der Waals surface area contributed by atoms with Gasteiger partial charge in [-0.3, -0.25) is 4.79 Å². The smallest absolute Gasteiger partial charge is 0.315 e. The maximum absolute atomic E-state index is 12.0. The summed E-state index contributed by atoms with van der Waals surface area (Å²) in [5, 5.41) is 5.56. The van der Waals surface area contributed by atoms with Crippen LogP contribution >= 0.6 is 0 Å². The van der Waals surface area contributed by atoms with Crippen molar-refractivity contribution in [2.45, 2.75) is 46.6 Å². The monoisotopic (exact) mass is 360 g/mol. The first-order valence-corrected chi connectivity index (χ1v) is 9.54. The van der Waals surface area contributed by atoms with Gasteiger partial charge in [-0.05, 0) is 56.9 Å². The summed E-state index contributed by atoms with van der Waals surface area (Å²) in [5.41, 5.74) is 2.07. The number of rotatable bonds is 6. The number of carbonyl (C=O) groups excluding carboxylic acids is 2. The van der Waals surface area contributed by atoms with Crippen LogP contribution in [0.15, 0.2) is 24.3 Å². The fraction of sp³-hybridized carbons (Fsp3) is 0.600. The maximum Gasteiger partial charge on any atom is 0.315 e. The van der Waals surface area contributed by atoms with Crippen LogP contribution in [-0.4, -0.2) is 44.2 Å². The molecule has 0 bridgehead atoms. The molecule has 0 atom stereocenters. The molecule has 6 heteroatoms. The topological polar surface area (TPSA) is 64.7 Å². The fourth-order valence-electron chi connectivity index (χ4n) is 3.17. The van der Waals surface area contributed by atoms with Crippen molar-refractivity contribution in [1.82, 2.24) is 10.6 Å². The Labute approximate surface area is 156 Å². The molecule has 6 nitrogen and oxygen atoms in total. The minimum absolute atomic E-state index is 0.0318. The molecule has 1 aliphatic rings. The Morgan fingerprint density at radius 3 is 2.35 bits per heavy atom. The van der Waals surface area contributed by atoms with E-state index in [9.17, 15) is 9.59 Å². The van der Waals surface area contributed by atoms with Gasteiger partial charge >= 0.3 is 6.03 Å². The van der Waals surface area contributed by atoms with Crippen molar-refractivity contribution in [3.63, 3.8) is 0 Å². The molecule has 0 aromatic heterocycles. The van der Waals surface area contributed by atoms with E-state index in [1.807, 2.05) is 26.0 Å². The highest BCUT2D eigenvalue weighted by Crippen LogP contribution is 2.25. The van der Waals surface area contributed by atoms with E-state index in [2.05, 4.69) is 34.6 Å². The third-order valence-electron chi connectivity index (χ3n) is 4.73. The van der Waals surface area contributed by atoms with Gasteiger partial charge in [-0.25, -0.2) is 4.79 Å². The van der Waals surface area contributed by atoms with Crippen LogP contribution in [0.25, 0.3) is 0 Å². The summed E-state index contributed by atoms with van der Waals surface area (Å²) < 4.78 is 0. The first-order chi connectivity index (χ1) is 12.4. The second-order valence-corrected chi connectivity index (χ2v) is 7.41. The molecule has 1 fully saturated rings. The second-order valence-electron chi connectivity index (χ2n) is 7.41. The number of benzene rings is 1. The summed E-state index contributed by atoms with van der Waals surface area (Å²) in [5.74, 6) is 0.773. The number of carbonyl (C=O) groups is 2. The third-order valence-corrected chi connectivity index (χ3v) is 4.73. The largest absolute Gasteiger partial charge is 0.372 e. The molecule has 1 saturated heterocycles. The first kappa shape index (κ1) is 20.1. The van der Waals surface area contributed by atoms with Gasteiger partial charge in [0.2, 0.25) is 5.91 Å². The minimum Gasteiger partial charge on any atom is -0.372 e. The Bertz CT molecular complexity index is 592. The van der Waals surface area contributed by atoms with Crippen molar-refractivity contribution < 1.29 is 9.59 Å². The van der Waals surface area contributed by atoms with Crippen LogP contribution in [0.2, 0.25) is 0 Å². The molecule has 1 aromatic carbocycles. The molecule has 144 valence electrons. The number of urea groups is 1. The standard InChI is InChI=1S/C20H32N4O2/c1-15(2)22-20(26)21-11-14-24(17(4)25)19-7-5-18(6-8-19)23-12-9-16(3)10-13-23/h5-8,15-16H,9-14H2,1-4H3,(H2,21,22,26). The molecule has 0 radical (unpaired) electrons. The van der Waals surface area contributed by atoms with E-state index in [4.69, 9.17) is 0 Å². The molecule has 0 unspecified atom stereocenters. The Morgan fingerprint density at radius 2 is 1.81 bits per heavy atom. The van der Waals surface area contributed by atoms with Crippen LogP contribution in [-0.2, 0) is 4.79 Å². The number of hydrogen-bond donors (Lipinski definition) is 2. The summed E-state index contributed by atoms with van der Waals surface area (Å²) in [7, 11) is 0. The minimum atomic E-state index is -0.210. The summed E-state index contributed by atoms with van der Waals surface area (Å²) >= 11 is 0. The Kier molecular flexibility index (Phi) is 7.30. The number of anilines is 2. The van der Waals surface area contributed by atoms with Crippen LogP contribution < -0.4 is 20.4 Å². The fourth-order valence-corrected chi connectivity index (χ4v) is 3.17. The lowest BCUT2D eigenvalue weighted by atomic mass is 9.99. The van der Waals surface area contributed by atoms with Crippen LogP contribution in [0.5, 0.6) is 0 Å². The number of amides is 3. The molecule has 0 saturated carbocycles. The summed E-state index contributed by atoms with van der Waals surface area (Å²) in [6.45, 7) is 10.7.